The average molecular weight is 1110 g/mol. The van der Waals surface area contributed by atoms with Crippen molar-refractivity contribution in [2.24, 2.45) is 0 Å². The molecule has 0 saturated carbocycles. The minimum atomic E-state index is -0.816. The van der Waals surface area contributed by atoms with E-state index in [4.69, 9.17) is 14.2 Å². The predicted molar refractivity (Wildman–Crippen MR) is 348 cm³/mol. The second kappa shape index (κ2) is 67.1. The van der Waals surface area contributed by atoms with Crippen LogP contribution in [0, 0.1) is 0 Å². The molecule has 0 rings (SSSR count). The van der Waals surface area contributed by atoms with Gasteiger partial charge in [0.1, 0.15) is 13.2 Å². The Hall–Kier alpha value is -4.45. The fourth-order valence-corrected chi connectivity index (χ4v) is 8.89. The summed E-state index contributed by atoms with van der Waals surface area (Å²) in [7, 11) is 0. The van der Waals surface area contributed by atoms with Crippen LogP contribution in [-0.2, 0) is 28.6 Å². The van der Waals surface area contributed by atoms with E-state index in [0.717, 1.165) is 128 Å². The van der Waals surface area contributed by atoms with Gasteiger partial charge < -0.3 is 14.2 Å². The molecule has 0 aromatic heterocycles. The van der Waals surface area contributed by atoms with E-state index in [1.165, 1.54) is 122 Å². The lowest BCUT2D eigenvalue weighted by Crippen LogP contribution is -2.30. The second-order valence-electron chi connectivity index (χ2n) is 21.6. The molecule has 0 spiro atoms. The Labute approximate surface area is 494 Å². The first-order valence-electron chi connectivity index (χ1n) is 33.2. The van der Waals surface area contributed by atoms with Crippen molar-refractivity contribution >= 4 is 17.9 Å². The van der Waals surface area contributed by atoms with Crippen LogP contribution < -0.4 is 0 Å². The fraction of sp³-hybridized carbons (Fsp3) is 0.662. The van der Waals surface area contributed by atoms with Crippen molar-refractivity contribution < 1.29 is 28.6 Å². The smallest absolute Gasteiger partial charge is 0.306 e. The summed E-state index contributed by atoms with van der Waals surface area (Å²) in [4.78, 5) is 38.4. The Kier molecular flexibility index (Phi) is 63.3. The number of allylic oxidation sites excluding steroid dienone is 22. The van der Waals surface area contributed by atoms with Gasteiger partial charge in [0.15, 0.2) is 6.10 Å². The van der Waals surface area contributed by atoms with Gasteiger partial charge in [-0.25, -0.2) is 0 Å². The van der Waals surface area contributed by atoms with E-state index in [9.17, 15) is 14.4 Å². The lowest BCUT2D eigenvalue weighted by Gasteiger charge is -2.18. The van der Waals surface area contributed by atoms with Crippen LogP contribution in [0.1, 0.15) is 297 Å². The molecule has 6 heteroatoms. The molecule has 80 heavy (non-hydrogen) atoms. The molecule has 0 N–H and O–H groups in total. The highest BCUT2D eigenvalue weighted by Gasteiger charge is 2.19. The first kappa shape index (κ1) is 75.5. The highest BCUT2D eigenvalue weighted by molar-refractivity contribution is 5.71. The van der Waals surface area contributed by atoms with Gasteiger partial charge in [0, 0.05) is 19.3 Å². The van der Waals surface area contributed by atoms with Crippen LogP contribution in [0.4, 0.5) is 0 Å². The van der Waals surface area contributed by atoms with Gasteiger partial charge in [-0.3, -0.25) is 14.4 Å². The number of carbonyl (C=O) groups is 3. The van der Waals surface area contributed by atoms with Crippen molar-refractivity contribution in [3.05, 3.63) is 134 Å². The van der Waals surface area contributed by atoms with Gasteiger partial charge in [-0.1, -0.05) is 270 Å². The summed E-state index contributed by atoms with van der Waals surface area (Å²) in [5.74, 6) is -0.964. The highest BCUT2D eigenvalue weighted by atomic mass is 16.6. The van der Waals surface area contributed by atoms with Crippen molar-refractivity contribution in [1.29, 1.82) is 0 Å². The van der Waals surface area contributed by atoms with E-state index in [1.54, 1.807) is 0 Å². The minimum Gasteiger partial charge on any atom is -0.462 e. The summed E-state index contributed by atoms with van der Waals surface area (Å²) in [6.07, 6.45) is 94.6. The topological polar surface area (TPSA) is 78.9 Å². The molecule has 0 amide bonds. The van der Waals surface area contributed by atoms with Gasteiger partial charge in [0.05, 0.1) is 0 Å². The van der Waals surface area contributed by atoms with Gasteiger partial charge >= 0.3 is 17.9 Å². The number of hydrogen-bond donors (Lipinski definition) is 0. The van der Waals surface area contributed by atoms with Crippen molar-refractivity contribution in [2.45, 2.75) is 303 Å². The highest BCUT2D eigenvalue weighted by Crippen LogP contribution is 2.15. The molecule has 0 aromatic carbocycles. The summed E-state index contributed by atoms with van der Waals surface area (Å²) in [6, 6.07) is 0. The molecule has 0 aliphatic heterocycles. The summed E-state index contributed by atoms with van der Waals surface area (Å²) in [6.45, 7) is 6.46. The Morgan fingerprint density at radius 3 is 0.800 bits per heavy atom. The SMILES string of the molecule is CC/C=C\C/C=C\C/C=C\C/C=C\C/C=C\C/C=C\CCCCC(=O)OC(COC(=O)CCCCCCC/C=C\C/C=C\CCCCCC)COC(=O)CCCCCCCCCCCC/C=C\C/C=C\C/C=C\CCCCCCC. The summed E-state index contributed by atoms with van der Waals surface area (Å²) >= 11 is 0. The Balaban J connectivity index is 4.47. The van der Waals surface area contributed by atoms with Gasteiger partial charge in [-0.15, -0.1) is 0 Å². The molecule has 0 radical (unpaired) electrons. The van der Waals surface area contributed by atoms with Crippen LogP contribution in [0.2, 0.25) is 0 Å². The van der Waals surface area contributed by atoms with Gasteiger partial charge in [0.2, 0.25) is 0 Å². The third-order valence-corrected chi connectivity index (χ3v) is 13.9. The predicted octanol–water partition coefficient (Wildman–Crippen LogP) is 22.9. The monoisotopic (exact) mass is 1110 g/mol. The molecule has 0 fully saturated rings. The van der Waals surface area contributed by atoms with E-state index >= 15 is 0 Å². The number of esters is 3. The normalized spacial score (nSPS) is 13.0. The summed E-state index contributed by atoms with van der Waals surface area (Å²) in [5, 5.41) is 0. The molecular weight excluding hydrogens is 985 g/mol. The molecule has 1 atom stereocenters. The zero-order chi connectivity index (χ0) is 57.8. The number of hydrogen-bond acceptors (Lipinski definition) is 6. The van der Waals surface area contributed by atoms with E-state index in [1.807, 2.05) is 0 Å². The first-order valence-corrected chi connectivity index (χ1v) is 33.2. The molecule has 0 aliphatic rings. The van der Waals surface area contributed by atoms with Crippen LogP contribution in [0.15, 0.2) is 134 Å². The van der Waals surface area contributed by atoms with E-state index < -0.39 is 6.10 Å². The first-order chi connectivity index (χ1) is 39.5. The van der Waals surface area contributed by atoms with Gasteiger partial charge in [-0.2, -0.15) is 0 Å². The maximum Gasteiger partial charge on any atom is 0.306 e. The fourth-order valence-electron chi connectivity index (χ4n) is 8.89. The number of carbonyl (C=O) groups excluding carboxylic acids is 3. The zero-order valence-corrected chi connectivity index (χ0v) is 52.0. The van der Waals surface area contributed by atoms with Crippen LogP contribution in [0.25, 0.3) is 0 Å². The van der Waals surface area contributed by atoms with Crippen molar-refractivity contribution in [2.75, 3.05) is 13.2 Å². The van der Waals surface area contributed by atoms with Gasteiger partial charge in [0.25, 0.3) is 0 Å². The molecule has 1 unspecified atom stereocenters. The molecule has 0 bridgehead atoms. The number of rotatable bonds is 59. The van der Waals surface area contributed by atoms with Crippen LogP contribution in [0.5, 0.6) is 0 Å². The number of unbranched alkanes of at least 4 members (excludes halogenated alkanes) is 26. The molecule has 0 aliphatic carbocycles. The third kappa shape index (κ3) is 64.4. The van der Waals surface area contributed by atoms with E-state index in [-0.39, 0.29) is 37.5 Å². The van der Waals surface area contributed by atoms with Crippen LogP contribution >= 0.6 is 0 Å². The molecule has 454 valence electrons. The Bertz CT molecular complexity index is 1700. The zero-order valence-electron chi connectivity index (χ0n) is 52.0. The average Bonchev–Trinajstić information content (AvgIpc) is 3.46. The largest absolute Gasteiger partial charge is 0.462 e. The lowest BCUT2D eigenvalue weighted by atomic mass is 10.1. The van der Waals surface area contributed by atoms with Crippen molar-refractivity contribution in [3.8, 4) is 0 Å². The maximum absolute atomic E-state index is 12.9. The quantitative estimate of drug-likeness (QED) is 0.0261. The molecule has 0 saturated heterocycles. The van der Waals surface area contributed by atoms with Crippen molar-refractivity contribution in [3.63, 3.8) is 0 Å². The van der Waals surface area contributed by atoms with Gasteiger partial charge in [-0.05, 0) is 141 Å². The summed E-state index contributed by atoms with van der Waals surface area (Å²) in [5.41, 5.74) is 0. The van der Waals surface area contributed by atoms with Crippen LogP contribution in [0.3, 0.4) is 0 Å². The van der Waals surface area contributed by atoms with Crippen LogP contribution in [-0.4, -0.2) is 37.2 Å². The number of ether oxygens (including phenoxy) is 3. The van der Waals surface area contributed by atoms with E-state index in [0.29, 0.717) is 19.3 Å². The molecule has 0 aromatic rings. The molecule has 6 nitrogen and oxygen atoms in total. The summed E-state index contributed by atoms with van der Waals surface area (Å²) < 4.78 is 16.9. The third-order valence-electron chi connectivity index (χ3n) is 13.9. The molecular formula is C74H122O6. The second-order valence-corrected chi connectivity index (χ2v) is 21.6. The molecule has 0 heterocycles. The Morgan fingerprint density at radius 2 is 0.487 bits per heavy atom. The standard InChI is InChI=1S/C74H122O6/c1-4-7-10-13-16-19-22-25-28-31-33-35-36-37-38-40-41-43-46-49-52-55-58-61-64-67-73(76)79-70-71(69-78-72(75)66-63-60-57-54-51-48-45-30-27-24-21-18-15-12-9-6-3)80-74(77)68-65-62-59-56-53-50-47-44-42-39-34-32-29-26-23-20-17-14-11-8-5-2/h8,11,17,20-22,24-26,29-31,33-34,36-37,39,44-45,47,53,56,71H,4-7,9-10,12-16,18-19,23,27-28,32,35,38,40-43,46,48-52,54-55,57-70H2,1-3H3/b11-8-,20-17-,24-21-,25-22-,29-26-,33-31-,37-36-,39-34-,45-30-,47-44-,56-53-. The minimum absolute atomic E-state index is 0.106. The maximum atomic E-state index is 12.9. The lowest BCUT2D eigenvalue weighted by molar-refractivity contribution is -0.167. The van der Waals surface area contributed by atoms with E-state index in [2.05, 4.69) is 154 Å². The van der Waals surface area contributed by atoms with Crippen molar-refractivity contribution in [1.82, 2.24) is 0 Å². The Morgan fingerprint density at radius 1 is 0.263 bits per heavy atom.